The molecule has 0 amide bonds. The molecular formula is C22H19O7P. The van der Waals surface area contributed by atoms with E-state index in [0.717, 1.165) is 17.2 Å². The van der Waals surface area contributed by atoms with Crippen molar-refractivity contribution in [1.29, 1.82) is 0 Å². The predicted molar refractivity (Wildman–Crippen MR) is 110 cm³/mol. The van der Waals surface area contributed by atoms with Crippen molar-refractivity contribution in [3.63, 3.8) is 0 Å². The van der Waals surface area contributed by atoms with E-state index in [-0.39, 0.29) is 22.6 Å². The molecule has 0 aromatic heterocycles. The number of benzene rings is 3. The van der Waals surface area contributed by atoms with Crippen LogP contribution in [0.1, 0.15) is 37.4 Å². The second kappa shape index (κ2) is 8.53. The number of carboxylic acids is 1. The molecule has 0 aliphatic rings. The third kappa shape index (κ3) is 5.14. The minimum Gasteiger partial charge on any atom is -0.478 e. The number of carbonyl (C=O) groups excluding carboxylic acids is 1. The van der Waals surface area contributed by atoms with Crippen LogP contribution in [0.3, 0.4) is 0 Å². The molecule has 0 aliphatic carbocycles. The summed E-state index contributed by atoms with van der Waals surface area (Å²) in [5, 5.41) is 9.51. The fourth-order valence-electron chi connectivity index (χ4n) is 2.97. The minimum atomic E-state index is -4.60. The molecule has 7 nitrogen and oxygen atoms in total. The van der Waals surface area contributed by atoms with E-state index in [4.69, 9.17) is 9.05 Å². The monoisotopic (exact) mass is 426 g/mol. The number of carboxylic acid groups (broad SMARTS) is 1. The van der Waals surface area contributed by atoms with Crippen LogP contribution in [0.25, 0.3) is 0 Å². The second-order valence-electron chi connectivity index (χ2n) is 6.68. The van der Waals surface area contributed by atoms with Crippen molar-refractivity contribution in [2.75, 3.05) is 0 Å². The molecule has 3 rings (SSSR count). The largest absolute Gasteiger partial charge is 0.584 e. The summed E-state index contributed by atoms with van der Waals surface area (Å²) in [4.78, 5) is 34.4. The molecule has 0 heterocycles. The second-order valence-corrected chi connectivity index (χ2v) is 7.98. The van der Waals surface area contributed by atoms with E-state index in [1.54, 1.807) is 42.5 Å². The molecule has 0 fully saturated rings. The van der Waals surface area contributed by atoms with E-state index in [1.165, 1.54) is 12.1 Å². The van der Waals surface area contributed by atoms with Crippen LogP contribution in [-0.4, -0.2) is 21.8 Å². The Bertz CT molecular complexity index is 1140. The lowest BCUT2D eigenvalue weighted by Crippen LogP contribution is -2.10. The van der Waals surface area contributed by atoms with E-state index < -0.39 is 19.6 Å². The fraction of sp³-hybridized carbons (Fsp3) is 0.0909. The highest BCUT2D eigenvalue weighted by atomic mass is 31.2. The Kier molecular flexibility index (Phi) is 6.06. The third-order valence-electron chi connectivity index (χ3n) is 4.14. The van der Waals surface area contributed by atoms with Gasteiger partial charge in [-0.3, -0.25) is 9.69 Å². The number of hydrogen-bond donors (Lipinski definition) is 2. The van der Waals surface area contributed by atoms with Crippen LogP contribution in [0.15, 0.2) is 66.7 Å². The van der Waals surface area contributed by atoms with Gasteiger partial charge in [-0.15, -0.1) is 0 Å². The summed E-state index contributed by atoms with van der Waals surface area (Å²) >= 11 is 0. The lowest BCUT2D eigenvalue weighted by Gasteiger charge is -2.15. The number of aromatic carboxylic acids is 1. The first-order valence-corrected chi connectivity index (χ1v) is 10.4. The molecule has 0 aliphatic heterocycles. The van der Waals surface area contributed by atoms with Gasteiger partial charge in [-0.1, -0.05) is 36.4 Å². The molecule has 8 heteroatoms. The Morgan fingerprint density at radius 2 is 1.40 bits per heavy atom. The fourth-order valence-corrected chi connectivity index (χ4v) is 3.76. The molecule has 0 radical (unpaired) electrons. The predicted octanol–water partition coefficient (Wildman–Crippen LogP) is 4.79. The standard InChI is InChI=1S/C22H19O7P/c1-14-10-15(2)12-18(11-14)29-30(26,27)28-17-8-9-19(20(13-17)22(24)25)21(23)16-6-4-3-5-7-16/h3-13H,1-2H3,(H,24,25)(H,26,27). The maximum absolute atomic E-state index is 12.6. The van der Waals surface area contributed by atoms with Crippen LogP contribution in [-0.2, 0) is 4.57 Å². The zero-order valence-corrected chi connectivity index (χ0v) is 17.1. The maximum atomic E-state index is 12.6. The number of carbonyl (C=O) groups is 2. The number of aryl methyl sites for hydroxylation is 2. The number of phosphoric ester groups is 1. The van der Waals surface area contributed by atoms with Gasteiger partial charge in [-0.05, 0) is 55.3 Å². The SMILES string of the molecule is Cc1cc(C)cc(OP(=O)(O)Oc2ccc(C(=O)c3ccccc3)c(C(=O)O)c2)c1. The first kappa shape index (κ1) is 21.3. The van der Waals surface area contributed by atoms with Gasteiger partial charge in [0, 0.05) is 11.1 Å². The Morgan fingerprint density at radius 3 is 2.00 bits per heavy atom. The van der Waals surface area contributed by atoms with Crippen molar-refractivity contribution in [3.05, 3.63) is 94.5 Å². The molecule has 1 atom stereocenters. The van der Waals surface area contributed by atoms with E-state index in [9.17, 15) is 24.2 Å². The molecule has 3 aromatic rings. The van der Waals surface area contributed by atoms with E-state index >= 15 is 0 Å². The van der Waals surface area contributed by atoms with Gasteiger partial charge in [-0.25, -0.2) is 9.36 Å². The summed E-state index contributed by atoms with van der Waals surface area (Å²) in [7, 11) is -4.60. The van der Waals surface area contributed by atoms with E-state index in [0.29, 0.717) is 5.56 Å². The van der Waals surface area contributed by atoms with Gasteiger partial charge >= 0.3 is 13.8 Å². The topological polar surface area (TPSA) is 110 Å². The van der Waals surface area contributed by atoms with E-state index in [1.807, 2.05) is 19.9 Å². The summed E-state index contributed by atoms with van der Waals surface area (Å²) in [6.07, 6.45) is 0. The van der Waals surface area contributed by atoms with Crippen LogP contribution < -0.4 is 9.05 Å². The van der Waals surface area contributed by atoms with Crippen LogP contribution in [0.5, 0.6) is 11.5 Å². The Hall–Kier alpha value is -3.41. The molecule has 0 saturated carbocycles. The van der Waals surface area contributed by atoms with Crippen molar-refractivity contribution in [2.45, 2.75) is 13.8 Å². The lowest BCUT2D eigenvalue weighted by atomic mass is 9.98. The van der Waals surface area contributed by atoms with Crippen LogP contribution >= 0.6 is 7.82 Å². The molecule has 154 valence electrons. The third-order valence-corrected chi connectivity index (χ3v) is 5.02. The number of ketones is 1. The minimum absolute atomic E-state index is 0.0657. The first-order valence-electron chi connectivity index (χ1n) is 8.92. The van der Waals surface area contributed by atoms with Gasteiger partial charge in [0.25, 0.3) is 0 Å². The Morgan fingerprint density at radius 1 is 0.800 bits per heavy atom. The zero-order chi connectivity index (χ0) is 21.9. The lowest BCUT2D eigenvalue weighted by molar-refractivity contribution is 0.0692. The van der Waals surface area contributed by atoms with Gasteiger partial charge in [-0.2, -0.15) is 0 Å². The summed E-state index contributed by atoms with van der Waals surface area (Å²) in [5.41, 5.74) is 1.57. The number of rotatable bonds is 7. The van der Waals surface area contributed by atoms with Crippen molar-refractivity contribution in [2.24, 2.45) is 0 Å². The molecule has 2 N–H and O–H groups in total. The van der Waals surface area contributed by atoms with Crippen molar-refractivity contribution in [1.82, 2.24) is 0 Å². The summed E-state index contributed by atoms with van der Waals surface area (Å²) in [6, 6.07) is 16.7. The number of phosphoric acid groups is 1. The average molecular weight is 426 g/mol. The quantitative estimate of drug-likeness (QED) is 0.413. The molecule has 0 spiro atoms. The molecule has 0 saturated heterocycles. The smallest absolute Gasteiger partial charge is 0.478 e. The Labute approximate surface area is 173 Å². The Balaban J connectivity index is 1.88. The molecule has 3 aromatic carbocycles. The van der Waals surface area contributed by atoms with Crippen molar-refractivity contribution < 1.29 is 33.2 Å². The van der Waals surface area contributed by atoms with Crippen LogP contribution in [0.2, 0.25) is 0 Å². The van der Waals surface area contributed by atoms with Crippen LogP contribution in [0.4, 0.5) is 0 Å². The molecule has 30 heavy (non-hydrogen) atoms. The normalized spacial score (nSPS) is 12.6. The number of hydrogen-bond acceptors (Lipinski definition) is 5. The van der Waals surface area contributed by atoms with Crippen LogP contribution in [0, 0.1) is 13.8 Å². The summed E-state index contributed by atoms with van der Waals surface area (Å²) in [6.45, 7) is 3.62. The highest BCUT2D eigenvalue weighted by molar-refractivity contribution is 7.48. The van der Waals surface area contributed by atoms with Gasteiger partial charge in [0.1, 0.15) is 11.5 Å². The maximum Gasteiger partial charge on any atom is 0.584 e. The first-order chi connectivity index (χ1) is 14.1. The highest BCUT2D eigenvalue weighted by Crippen LogP contribution is 2.45. The van der Waals surface area contributed by atoms with Gasteiger partial charge in [0.2, 0.25) is 0 Å². The van der Waals surface area contributed by atoms with Gasteiger partial charge in [0.15, 0.2) is 5.78 Å². The zero-order valence-electron chi connectivity index (χ0n) is 16.2. The van der Waals surface area contributed by atoms with Gasteiger partial charge < -0.3 is 14.2 Å². The molecule has 1 unspecified atom stereocenters. The molecule has 0 bridgehead atoms. The van der Waals surface area contributed by atoms with Crippen molar-refractivity contribution in [3.8, 4) is 11.5 Å². The molecular weight excluding hydrogens is 407 g/mol. The summed E-state index contributed by atoms with van der Waals surface area (Å²) in [5.74, 6) is -1.93. The average Bonchev–Trinajstić information content (AvgIpc) is 2.66. The van der Waals surface area contributed by atoms with Crippen molar-refractivity contribution >= 4 is 19.6 Å². The highest BCUT2D eigenvalue weighted by Gasteiger charge is 2.27. The van der Waals surface area contributed by atoms with E-state index in [2.05, 4.69) is 0 Å². The van der Waals surface area contributed by atoms with Gasteiger partial charge in [0.05, 0.1) is 5.56 Å². The summed E-state index contributed by atoms with van der Waals surface area (Å²) < 4.78 is 22.5.